The maximum atomic E-state index is 6.11. The van der Waals surface area contributed by atoms with Crippen LogP contribution in [0.15, 0.2) is 36.5 Å². The van der Waals surface area contributed by atoms with Gasteiger partial charge in [0.25, 0.3) is 0 Å². The van der Waals surface area contributed by atoms with Crippen LogP contribution >= 0.6 is 23.2 Å². The molecule has 0 fully saturated rings. The average Bonchev–Trinajstić information content (AvgIpc) is 2.71. The van der Waals surface area contributed by atoms with E-state index in [1.165, 1.54) is 0 Å². The first-order valence-corrected chi connectivity index (χ1v) is 5.75. The summed E-state index contributed by atoms with van der Waals surface area (Å²) in [7, 11) is 0. The molecule has 1 aromatic heterocycles. The minimum Gasteiger partial charge on any atom is -0.346 e. The zero-order valence-electron chi connectivity index (χ0n) is 8.66. The van der Waals surface area contributed by atoms with E-state index >= 15 is 0 Å². The molecule has 2 aromatic rings. The zero-order valence-corrected chi connectivity index (χ0v) is 10.2. The minimum atomic E-state index is 0.509. The summed E-state index contributed by atoms with van der Waals surface area (Å²) in [6, 6.07) is 9.48. The Hall–Kier alpha value is -0.960. The van der Waals surface area contributed by atoms with Gasteiger partial charge in [-0.3, -0.25) is 0 Å². The Bertz CT molecular complexity index is 471. The summed E-state index contributed by atoms with van der Waals surface area (Å²) in [4.78, 5) is 0. The molecule has 0 spiro atoms. The van der Waals surface area contributed by atoms with Crippen molar-refractivity contribution in [1.82, 2.24) is 4.57 Å². The first-order chi connectivity index (χ1) is 7.72. The van der Waals surface area contributed by atoms with Crippen molar-refractivity contribution in [3.63, 3.8) is 0 Å². The van der Waals surface area contributed by atoms with E-state index in [1.807, 2.05) is 41.1 Å². The molecule has 1 heterocycles. The third-order valence-electron chi connectivity index (χ3n) is 2.52. The van der Waals surface area contributed by atoms with Crippen molar-refractivity contribution in [2.45, 2.75) is 13.1 Å². The van der Waals surface area contributed by atoms with Gasteiger partial charge in [0.15, 0.2) is 0 Å². The second kappa shape index (κ2) is 4.91. The molecule has 2 nitrogen and oxygen atoms in total. The Balaban J connectivity index is 2.34. The normalized spacial score (nSPS) is 10.7. The van der Waals surface area contributed by atoms with Gasteiger partial charge in [0.05, 0.1) is 6.54 Å². The standard InChI is InChI=1S/C12H12Cl2N2/c13-11-4-1-5-12(14)10(11)8-16-6-2-3-9(16)7-15/h1-6H,7-8,15H2. The zero-order chi connectivity index (χ0) is 11.5. The van der Waals surface area contributed by atoms with Crippen LogP contribution in [-0.4, -0.2) is 4.57 Å². The van der Waals surface area contributed by atoms with Crippen molar-refractivity contribution in [1.29, 1.82) is 0 Å². The number of halogens is 2. The molecule has 84 valence electrons. The van der Waals surface area contributed by atoms with Crippen LogP contribution in [-0.2, 0) is 13.1 Å². The third kappa shape index (κ3) is 2.24. The molecule has 2 rings (SSSR count). The van der Waals surface area contributed by atoms with Gasteiger partial charge >= 0.3 is 0 Å². The van der Waals surface area contributed by atoms with E-state index in [0.29, 0.717) is 23.1 Å². The fourth-order valence-corrected chi connectivity index (χ4v) is 2.16. The fourth-order valence-electron chi connectivity index (χ4n) is 1.64. The van der Waals surface area contributed by atoms with E-state index in [1.54, 1.807) is 0 Å². The molecule has 0 saturated carbocycles. The van der Waals surface area contributed by atoms with Crippen molar-refractivity contribution >= 4 is 23.2 Å². The second-order valence-electron chi connectivity index (χ2n) is 3.53. The Kier molecular flexibility index (Phi) is 3.54. The Labute approximate surface area is 105 Å². The van der Waals surface area contributed by atoms with Crippen molar-refractivity contribution in [3.8, 4) is 0 Å². The molecule has 0 bridgehead atoms. The lowest BCUT2D eigenvalue weighted by molar-refractivity contribution is 0.744. The van der Waals surface area contributed by atoms with Crippen LogP contribution in [0.5, 0.6) is 0 Å². The topological polar surface area (TPSA) is 30.9 Å². The van der Waals surface area contributed by atoms with Gasteiger partial charge in [-0.05, 0) is 24.3 Å². The molecule has 0 saturated heterocycles. The summed E-state index contributed by atoms with van der Waals surface area (Å²) < 4.78 is 2.05. The summed E-state index contributed by atoms with van der Waals surface area (Å²) in [6.45, 7) is 1.16. The number of nitrogens with two attached hydrogens (primary N) is 1. The summed E-state index contributed by atoms with van der Waals surface area (Å²) in [5.41, 5.74) is 7.63. The van der Waals surface area contributed by atoms with E-state index in [4.69, 9.17) is 28.9 Å². The van der Waals surface area contributed by atoms with Gasteiger partial charge in [0.2, 0.25) is 0 Å². The summed E-state index contributed by atoms with van der Waals surface area (Å²) in [6.07, 6.45) is 1.97. The number of benzene rings is 1. The molecule has 0 aliphatic rings. The fraction of sp³-hybridized carbons (Fsp3) is 0.167. The van der Waals surface area contributed by atoms with Gasteiger partial charge < -0.3 is 10.3 Å². The van der Waals surface area contributed by atoms with Gasteiger partial charge in [0, 0.05) is 34.0 Å². The third-order valence-corrected chi connectivity index (χ3v) is 3.23. The van der Waals surface area contributed by atoms with Crippen LogP contribution in [0.1, 0.15) is 11.3 Å². The molecule has 0 amide bonds. The van der Waals surface area contributed by atoms with Gasteiger partial charge in [0.1, 0.15) is 0 Å². The molecule has 4 heteroatoms. The van der Waals surface area contributed by atoms with E-state index in [-0.39, 0.29) is 0 Å². The van der Waals surface area contributed by atoms with Crippen LogP contribution in [0.3, 0.4) is 0 Å². The van der Waals surface area contributed by atoms with Gasteiger partial charge in [-0.1, -0.05) is 29.3 Å². The van der Waals surface area contributed by atoms with E-state index in [0.717, 1.165) is 11.3 Å². The highest BCUT2D eigenvalue weighted by Crippen LogP contribution is 2.25. The van der Waals surface area contributed by atoms with Gasteiger partial charge in [-0.25, -0.2) is 0 Å². The Morgan fingerprint density at radius 2 is 1.75 bits per heavy atom. The molecule has 0 aliphatic heterocycles. The predicted octanol–water partition coefficient (Wildman–Crippen LogP) is 3.30. The molecule has 0 atom stereocenters. The minimum absolute atomic E-state index is 0.509. The molecule has 0 unspecified atom stereocenters. The lowest BCUT2D eigenvalue weighted by atomic mass is 10.2. The molecule has 1 aromatic carbocycles. The number of hydrogen-bond acceptors (Lipinski definition) is 1. The highest BCUT2D eigenvalue weighted by molar-refractivity contribution is 6.35. The SMILES string of the molecule is NCc1cccn1Cc1c(Cl)cccc1Cl. The molecule has 16 heavy (non-hydrogen) atoms. The average molecular weight is 255 g/mol. The van der Waals surface area contributed by atoms with Crippen LogP contribution in [0, 0.1) is 0 Å². The van der Waals surface area contributed by atoms with E-state index in [9.17, 15) is 0 Å². The van der Waals surface area contributed by atoms with Crippen molar-refractivity contribution in [3.05, 3.63) is 57.8 Å². The van der Waals surface area contributed by atoms with E-state index < -0.39 is 0 Å². The van der Waals surface area contributed by atoms with Crippen LogP contribution < -0.4 is 5.73 Å². The maximum Gasteiger partial charge on any atom is 0.0503 e. The van der Waals surface area contributed by atoms with Crippen molar-refractivity contribution in [2.75, 3.05) is 0 Å². The first-order valence-electron chi connectivity index (χ1n) is 4.99. The van der Waals surface area contributed by atoms with Crippen molar-refractivity contribution < 1.29 is 0 Å². The molecular formula is C12H12Cl2N2. The molecule has 0 aliphatic carbocycles. The monoisotopic (exact) mass is 254 g/mol. The summed E-state index contributed by atoms with van der Waals surface area (Å²) in [5.74, 6) is 0. The van der Waals surface area contributed by atoms with Gasteiger partial charge in [-0.15, -0.1) is 0 Å². The van der Waals surface area contributed by atoms with Crippen LogP contribution in [0.2, 0.25) is 10.0 Å². The lowest BCUT2D eigenvalue weighted by Gasteiger charge is -2.10. The first kappa shape index (κ1) is 11.5. The maximum absolute atomic E-state index is 6.11. The summed E-state index contributed by atoms with van der Waals surface area (Å²) in [5, 5.41) is 1.37. The van der Waals surface area contributed by atoms with Crippen molar-refractivity contribution in [2.24, 2.45) is 5.73 Å². The lowest BCUT2D eigenvalue weighted by Crippen LogP contribution is -2.08. The van der Waals surface area contributed by atoms with Crippen LogP contribution in [0.25, 0.3) is 0 Å². The molecule has 0 radical (unpaired) electrons. The molecule has 2 N–H and O–H groups in total. The highest BCUT2D eigenvalue weighted by Gasteiger charge is 2.07. The quantitative estimate of drug-likeness (QED) is 0.896. The van der Waals surface area contributed by atoms with E-state index in [2.05, 4.69) is 0 Å². The highest BCUT2D eigenvalue weighted by atomic mass is 35.5. The predicted molar refractivity (Wildman–Crippen MR) is 67.9 cm³/mol. The molecular weight excluding hydrogens is 243 g/mol. The largest absolute Gasteiger partial charge is 0.346 e. The Morgan fingerprint density at radius 1 is 1.06 bits per heavy atom. The number of rotatable bonds is 3. The summed E-state index contributed by atoms with van der Waals surface area (Å²) >= 11 is 12.2. The Morgan fingerprint density at radius 3 is 2.38 bits per heavy atom. The second-order valence-corrected chi connectivity index (χ2v) is 4.35. The number of hydrogen-bond donors (Lipinski definition) is 1. The van der Waals surface area contributed by atoms with Gasteiger partial charge in [-0.2, -0.15) is 0 Å². The number of nitrogens with zero attached hydrogens (tertiary/aromatic N) is 1. The van der Waals surface area contributed by atoms with Crippen LogP contribution in [0.4, 0.5) is 0 Å². The number of aromatic nitrogens is 1. The smallest absolute Gasteiger partial charge is 0.0503 e.